The highest BCUT2D eigenvalue weighted by atomic mass is 32.2. The van der Waals surface area contributed by atoms with Crippen molar-refractivity contribution in [3.8, 4) is 5.75 Å². The standard InChI is InChI=1S/C11H14F3NO4S/c1-18-7-3-6-15-20(16,17)10-5-2-4-9(8-10)19-11(12,13)14/h2,4-5,8,15H,3,6-7H2,1H3. The summed E-state index contributed by atoms with van der Waals surface area (Å²) in [6.45, 7) is 0.500. The van der Waals surface area contributed by atoms with E-state index < -0.39 is 22.1 Å². The van der Waals surface area contributed by atoms with Crippen molar-refractivity contribution in [2.75, 3.05) is 20.3 Å². The molecule has 5 nitrogen and oxygen atoms in total. The number of ether oxygens (including phenoxy) is 2. The lowest BCUT2D eigenvalue weighted by molar-refractivity contribution is -0.274. The molecule has 0 bridgehead atoms. The Morgan fingerprint density at radius 3 is 2.60 bits per heavy atom. The molecule has 1 N–H and O–H groups in total. The highest BCUT2D eigenvalue weighted by Crippen LogP contribution is 2.24. The van der Waals surface area contributed by atoms with Crippen molar-refractivity contribution in [3.05, 3.63) is 24.3 Å². The second-order valence-electron chi connectivity index (χ2n) is 3.77. The van der Waals surface area contributed by atoms with Gasteiger partial charge >= 0.3 is 6.36 Å². The van der Waals surface area contributed by atoms with Gasteiger partial charge in [0.1, 0.15) is 5.75 Å². The Morgan fingerprint density at radius 1 is 1.30 bits per heavy atom. The van der Waals surface area contributed by atoms with Gasteiger partial charge in [-0.1, -0.05) is 6.07 Å². The molecule has 0 fully saturated rings. The van der Waals surface area contributed by atoms with E-state index >= 15 is 0 Å². The molecule has 9 heteroatoms. The van der Waals surface area contributed by atoms with E-state index in [2.05, 4.69) is 9.46 Å². The molecule has 0 amide bonds. The first-order valence-electron chi connectivity index (χ1n) is 5.59. The van der Waals surface area contributed by atoms with Gasteiger partial charge in [-0.3, -0.25) is 0 Å². The van der Waals surface area contributed by atoms with Crippen LogP contribution in [0.25, 0.3) is 0 Å². The summed E-state index contributed by atoms with van der Waals surface area (Å²) in [6.07, 6.45) is -4.41. The van der Waals surface area contributed by atoms with Crippen molar-refractivity contribution in [1.82, 2.24) is 4.72 Å². The summed E-state index contributed by atoms with van der Waals surface area (Å²) < 4.78 is 70.5. The molecule has 0 saturated carbocycles. The fraction of sp³-hybridized carbons (Fsp3) is 0.455. The van der Waals surface area contributed by atoms with Crippen molar-refractivity contribution < 1.29 is 31.1 Å². The predicted octanol–water partition coefficient (Wildman–Crippen LogP) is 1.90. The summed E-state index contributed by atoms with van der Waals surface area (Å²) in [4.78, 5) is -0.295. The number of alkyl halides is 3. The number of sulfonamides is 1. The predicted molar refractivity (Wildman–Crippen MR) is 64.8 cm³/mol. The normalized spacial score (nSPS) is 12.4. The van der Waals surface area contributed by atoms with Gasteiger partial charge in [0.25, 0.3) is 0 Å². The average Bonchev–Trinajstić information content (AvgIpc) is 2.33. The summed E-state index contributed by atoms with van der Waals surface area (Å²) >= 11 is 0. The van der Waals surface area contributed by atoms with Crippen LogP contribution in [0.3, 0.4) is 0 Å². The van der Waals surface area contributed by atoms with Gasteiger partial charge in [-0.15, -0.1) is 13.2 Å². The van der Waals surface area contributed by atoms with Crippen LogP contribution in [-0.2, 0) is 14.8 Å². The molecule has 0 aliphatic carbocycles. The van der Waals surface area contributed by atoms with Crippen LogP contribution in [0.15, 0.2) is 29.2 Å². The van der Waals surface area contributed by atoms with Crippen LogP contribution in [0.4, 0.5) is 13.2 Å². The first-order chi connectivity index (χ1) is 9.24. The minimum Gasteiger partial charge on any atom is -0.406 e. The maximum absolute atomic E-state index is 12.1. The van der Waals surface area contributed by atoms with E-state index in [4.69, 9.17) is 4.74 Å². The Morgan fingerprint density at radius 2 is 2.00 bits per heavy atom. The van der Waals surface area contributed by atoms with Crippen LogP contribution in [-0.4, -0.2) is 35.0 Å². The van der Waals surface area contributed by atoms with E-state index in [1.54, 1.807) is 0 Å². The fourth-order valence-electron chi connectivity index (χ4n) is 1.34. The van der Waals surface area contributed by atoms with E-state index in [0.717, 1.165) is 12.1 Å². The molecule has 114 valence electrons. The molecule has 0 aliphatic heterocycles. The lowest BCUT2D eigenvalue weighted by Crippen LogP contribution is -2.25. The van der Waals surface area contributed by atoms with E-state index in [-0.39, 0.29) is 11.4 Å². The van der Waals surface area contributed by atoms with Crippen molar-refractivity contribution in [1.29, 1.82) is 0 Å². The van der Waals surface area contributed by atoms with Crippen LogP contribution in [0.1, 0.15) is 6.42 Å². The second kappa shape index (κ2) is 6.91. The zero-order chi connectivity index (χ0) is 15.2. The quantitative estimate of drug-likeness (QED) is 0.781. The average molecular weight is 313 g/mol. The molecular weight excluding hydrogens is 299 g/mol. The fourth-order valence-corrected chi connectivity index (χ4v) is 2.45. The third-order valence-corrected chi connectivity index (χ3v) is 3.63. The van der Waals surface area contributed by atoms with Gasteiger partial charge in [-0.2, -0.15) is 0 Å². The van der Waals surface area contributed by atoms with E-state index in [1.807, 2.05) is 0 Å². The zero-order valence-corrected chi connectivity index (χ0v) is 11.4. The minimum absolute atomic E-state index is 0.126. The monoisotopic (exact) mass is 313 g/mol. The maximum Gasteiger partial charge on any atom is 0.573 e. The smallest absolute Gasteiger partial charge is 0.406 e. The van der Waals surface area contributed by atoms with Gasteiger partial charge in [0.15, 0.2) is 0 Å². The van der Waals surface area contributed by atoms with Gasteiger partial charge in [0.05, 0.1) is 4.90 Å². The van der Waals surface area contributed by atoms with E-state index in [9.17, 15) is 21.6 Å². The molecule has 0 unspecified atom stereocenters. The third-order valence-electron chi connectivity index (χ3n) is 2.17. The Bertz CT molecular complexity index is 531. The molecule has 0 radical (unpaired) electrons. The molecule has 0 heterocycles. The van der Waals surface area contributed by atoms with Gasteiger partial charge in [0.2, 0.25) is 10.0 Å². The molecule has 1 rings (SSSR count). The van der Waals surface area contributed by atoms with Crippen LogP contribution < -0.4 is 9.46 Å². The largest absolute Gasteiger partial charge is 0.573 e. The van der Waals surface area contributed by atoms with Crippen LogP contribution in [0.5, 0.6) is 5.75 Å². The van der Waals surface area contributed by atoms with Crippen LogP contribution >= 0.6 is 0 Å². The molecule has 0 aromatic heterocycles. The molecule has 0 atom stereocenters. The number of methoxy groups -OCH3 is 1. The summed E-state index contributed by atoms with van der Waals surface area (Å²) in [5.41, 5.74) is 0. The summed E-state index contributed by atoms with van der Waals surface area (Å²) in [5.74, 6) is -0.586. The summed E-state index contributed by atoms with van der Waals surface area (Å²) in [7, 11) is -2.39. The molecular formula is C11H14F3NO4S. The van der Waals surface area contributed by atoms with Crippen LogP contribution in [0, 0.1) is 0 Å². The Hall–Kier alpha value is -1.32. The zero-order valence-electron chi connectivity index (χ0n) is 10.6. The minimum atomic E-state index is -4.87. The van der Waals surface area contributed by atoms with Gasteiger partial charge in [-0.05, 0) is 18.6 Å². The van der Waals surface area contributed by atoms with E-state index in [0.29, 0.717) is 13.0 Å². The number of hydrogen-bond donors (Lipinski definition) is 1. The van der Waals surface area contributed by atoms with Crippen LogP contribution in [0.2, 0.25) is 0 Å². The number of hydrogen-bond acceptors (Lipinski definition) is 4. The Labute approximate surface area is 114 Å². The van der Waals surface area contributed by atoms with Gasteiger partial charge < -0.3 is 9.47 Å². The molecule has 0 aliphatic rings. The Kier molecular flexibility index (Phi) is 5.78. The van der Waals surface area contributed by atoms with Crippen molar-refractivity contribution >= 4 is 10.0 Å². The third kappa shape index (κ3) is 5.76. The molecule has 20 heavy (non-hydrogen) atoms. The van der Waals surface area contributed by atoms with E-state index in [1.165, 1.54) is 19.2 Å². The highest BCUT2D eigenvalue weighted by Gasteiger charge is 2.31. The Balaban J connectivity index is 2.77. The number of benzene rings is 1. The highest BCUT2D eigenvalue weighted by molar-refractivity contribution is 7.89. The SMILES string of the molecule is COCCCNS(=O)(=O)c1cccc(OC(F)(F)F)c1. The molecule has 1 aromatic rings. The maximum atomic E-state index is 12.1. The lowest BCUT2D eigenvalue weighted by atomic mass is 10.3. The molecule has 1 aromatic carbocycles. The molecule has 0 spiro atoms. The summed E-state index contributed by atoms with van der Waals surface area (Å²) in [5, 5.41) is 0. The van der Waals surface area contributed by atoms with Gasteiger partial charge in [-0.25, -0.2) is 13.1 Å². The molecule has 0 saturated heterocycles. The number of rotatable bonds is 7. The van der Waals surface area contributed by atoms with Gasteiger partial charge in [0, 0.05) is 26.3 Å². The topological polar surface area (TPSA) is 64.6 Å². The van der Waals surface area contributed by atoms with Crippen molar-refractivity contribution in [2.45, 2.75) is 17.7 Å². The van der Waals surface area contributed by atoms with Crippen molar-refractivity contribution in [2.24, 2.45) is 0 Å². The number of halogens is 3. The lowest BCUT2D eigenvalue weighted by Gasteiger charge is -2.11. The summed E-state index contributed by atoms with van der Waals surface area (Å²) in [6, 6.07) is 4.19. The van der Waals surface area contributed by atoms with Crippen molar-refractivity contribution in [3.63, 3.8) is 0 Å². The first-order valence-corrected chi connectivity index (χ1v) is 7.07. The first kappa shape index (κ1) is 16.7. The second-order valence-corrected chi connectivity index (χ2v) is 5.53. The number of nitrogens with one attached hydrogen (secondary N) is 1.